The molecule has 1 aliphatic carbocycles. The number of carbonyl (C=O) groups excluding carboxylic acids is 2. The second kappa shape index (κ2) is 8.86. The van der Waals surface area contributed by atoms with E-state index in [2.05, 4.69) is 53.3 Å². The van der Waals surface area contributed by atoms with Crippen molar-refractivity contribution >= 4 is 40.0 Å². The molecule has 34 heavy (non-hydrogen) atoms. The fourth-order valence-electron chi connectivity index (χ4n) is 4.74. The average Bonchev–Trinajstić information content (AvgIpc) is 3.52. The molecule has 1 aromatic heterocycles. The van der Waals surface area contributed by atoms with Gasteiger partial charge in [0.2, 0.25) is 5.91 Å². The second-order valence-electron chi connectivity index (χ2n) is 9.72. The van der Waals surface area contributed by atoms with E-state index in [0.29, 0.717) is 17.6 Å². The lowest BCUT2D eigenvalue weighted by Crippen LogP contribution is -2.45. The van der Waals surface area contributed by atoms with E-state index in [9.17, 15) is 9.59 Å². The Balaban J connectivity index is 1.54. The molecule has 0 atom stereocenters. The van der Waals surface area contributed by atoms with Gasteiger partial charge in [0.15, 0.2) is 5.13 Å². The van der Waals surface area contributed by atoms with Gasteiger partial charge in [-0.15, -0.1) is 11.8 Å². The molecule has 0 bridgehead atoms. The normalized spacial score (nSPS) is 15.5. The highest BCUT2D eigenvalue weighted by Gasteiger charge is 2.47. The molecule has 0 saturated heterocycles. The first-order valence-corrected chi connectivity index (χ1v) is 13.4. The van der Waals surface area contributed by atoms with Gasteiger partial charge >= 0.3 is 0 Å². The summed E-state index contributed by atoms with van der Waals surface area (Å²) in [5.41, 5.74) is 4.96. The number of rotatable bonds is 7. The van der Waals surface area contributed by atoms with Crippen molar-refractivity contribution in [2.75, 3.05) is 5.32 Å². The molecule has 0 unspecified atom stereocenters. The largest absolute Gasteiger partial charge is 0.329 e. The predicted molar refractivity (Wildman–Crippen MR) is 139 cm³/mol. The summed E-state index contributed by atoms with van der Waals surface area (Å²) in [6.45, 7) is 8.51. The van der Waals surface area contributed by atoms with Crippen LogP contribution in [0.15, 0.2) is 47.4 Å². The Morgan fingerprint density at radius 2 is 1.97 bits per heavy atom. The van der Waals surface area contributed by atoms with Crippen LogP contribution < -0.4 is 5.32 Å². The molecular formula is C27H29N3O2S2. The van der Waals surface area contributed by atoms with Crippen molar-refractivity contribution in [3.8, 4) is 10.4 Å². The summed E-state index contributed by atoms with van der Waals surface area (Å²) < 4.78 is 0. The van der Waals surface area contributed by atoms with E-state index in [1.165, 1.54) is 36.7 Å². The minimum Gasteiger partial charge on any atom is -0.329 e. The number of hydrogen-bond acceptors (Lipinski definition) is 5. The van der Waals surface area contributed by atoms with Crippen molar-refractivity contribution in [1.29, 1.82) is 0 Å². The number of aromatic nitrogens is 1. The van der Waals surface area contributed by atoms with Crippen molar-refractivity contribution in [3.63, 3.8) is 0 Å². The lowest BCUT2D eigenvalue weighted by Gasteiger charge is -2.36. The Bertz CT molecular complexity index is 1260. The summed E-state index contributed by atoms with van der Waals surface area (Å²) >= 11 is 3.20. The fraction of sp³-hybridized carbons (Fsp3) is 0.370. The summed E-state index contributed by atoms with van der Waals surface area (Å²) in [4.78, 5) is 33.9. The molecule has 5 nitrogen and oxygen atoms in total. The standard InChI is InChI=1S/C27H29N3O2S2/c1-16-24(34-26(28-16)29-17(2)31)19-12-20-14-30(27(3,4)21-10-11-21)25(32)23(20)22(13-19)33-15-18-8-6-5-7-9-18/h5-9,12-13,21H,10-11,14-15H2,1-4H3,(H,28,29,31). The SMILES string of the molecule is CC(=O)Nc1nc(C)c(-c2cc3c(c(SCc4ccccc4)c2)C(=O)N(C(C)(C)C2CC2)C3)s1. The van der Waals surface area contributed by atoms with E-state index in [4.69, 9.17) is 0 Å². The van der Waals surface area contributed by atoms with Crippen molar-refractivity contribution in [2.45, 2.75) is 63.3 Å². The third kappa shape index (κ3) is 4.39. The number of thioether (sulfide) groups is 1. The van der Waals surface area contributed by atoms with Crippen LogP contribution in [0.25, 0.3) is 10.4 Å². The lowest BCUT2D eigenvalue weighted by atomic mass is 9.96. The van der Waals surface area contributed by atoms with Crippen LogP contribution in [0.3, 0.4) is 0 Å². The maximum atomic E-state index is 13.7. The topological polar surface area (TPSA) is 62.3 Å². The zero-order valence-electron chi connectivity index (χ0n) is 20.0. The Morgan fingerprint density at radius 3 is 2.65 bits per heavy atom. The Hall–Kier alpha value is -2.64. The molecular weight excluding hydrogens is 462 g/mol. The lowest BCUT2D eigenvalue weighted by molar-refractivity contribution is -0.114. The molecule has 1 fully saturated rings. The number of carbonyl (C=O) groups is 2. The van der Waals surface area contributed by atoms with Crippen LogP contribution in [0.5, 0.6) is 0 Å². The van der Waals surface area contributed by atoms with Crippen LogP contribution in [0.2, 0.25) is 0 Å². The van der Waals surface area contributed by atoms with Crippen LogP contribution in [0, 0.1) is 12.8 Å². The van der Waals surface area contributed by atoms with Gasteiger partial charge < -0.3 is 10.2 Å². The van der Waals surface area contributed by atoms with Crippen molar-refractivity contribution in [3.05, 3.63) is 64.8 Å². The number of nitrogens with zero attached hydrogens (tertiary/aromatic N) is 2. The molecule has 1 N–H and O–H groups in total. The molecule has 0 radical (unpaired) electrons. The first kappa shape index (κ1) is 23.1. The molecule has 7 heteroatoms. The summed E-state index contributed by atoms with van der Waals surface area (Å²) in [5.74, 6) is 1.40. The monoisotopic (exact) mass is 491 g/mol. The van der Waals surface area contributed by atoms with Crippen LogP contribution >= 0.6 is 23.1 Å². The molecule has 2 aromatic carbocycles. The fourth-order valence-corrected chi connectivity index (χ4v) is 6.83. The molecule has 0 spiro atoms. The van der Waals surface area contributed by atoms with Gasteiger partial charge in [-0.05, 0) is 68.4 Å². The highest BCUT2D eigenvalue weighted by atomic mass is 32.2. The third-order valence-corrected chi connectivity index (χ3v) is 9.05. The van der Waals surface area contributed by atoms with Gasteiger partial charge in [0, 0.05) is 29.7 Å². The summed E-state index contributed by atoms with van der Waals surface area (Å²) in [7, 11) is 0. The molecule has 2 heterocycles. The van der Waals surface area contributed by atoms with Gasteiger partial charge in [-0.3, -0.25) is 9.59 Å². The molecule has 5 rings (SSSR count). The van der Waals surface area contributed by atoms with Gasteiger partial charge in [-0.1, -0.05) is 41.7 Å². The van der Waals surface area contributed by atoms with Crippen LogP contribution in [0.4, 0.5) is 5.13 Å². The maximum absolute atomic E-state index is 13.7. The van der Waals surface area contributed by atoms with Gasteiger partial charge in [0.25, 0.3) is 5.91 Å². The predicted octanol–water partition coefficient (Wildman–Crippen LogP) is 6.51. The number of nitrogens with one attached hydrogen (secondary N) is 1. The zero-order valence-corrected chi connectivity index (χ0v) is 21.6. The maximum Gasteiger partial charge on any atom is 0.256 e. The van der Waals surface area contributed by atoms with Crippen molar-refractivity contribution < 1.29 is 9.59 Å². The second-order valence-corrected chi connectivity index (χ2v) is 11.7. The quantitative estimate of drug-likeness (QED) is 0.383. The number of aryl methyl sites for hydroxylation is 1. The Kier molecular flexibility index (Phi) is 6.02. The molecule has 2 amide bonds. The first-order valence-electron chi connectivity index (χ1n) is 11.6. The first-order chi connectivity index (χ1) is 16.2. The minimum atomic E-state index is -0.142. The summed E-state index contributed by atoms with van der Waals surface area (Å²) in [6.07, 6.45) is 2.39. The van der Waals surface area contributed by atoms with E-state index >= 15 is 0 Å². The number of anilines is 1. The molecule has 2 aliphatic rings. The van der Waals surface area contributed by atoms with Gasteiger partial charge in [-0.2, -0.15) is 0 Å². The highest BCUT2D eigenvalue weighted by molar-refractivity contribution is 7.98. The summed E-state index contributed by atoms with van der Waals surface area (Å²) in [5, 5.41) is 3.41. The highest BCUT2D eigenvalue weighted by Crippen LogP contribution is 2.48. The van der Waals surface area contributed by atoms with Crippen LogP contribution in [-0.4, -0.2) is 27.2 Å². The Morgan fingerprint density at radius 1 is 1.24 bits per heavy atom. The van der Waals surface area contributed by atoms with E-state index in [1.807, 2.05) is 25.1 Å². The van der Waals surface area contributed by atoms with Crippen LogP contribution in [-0.2, 0) is 17.1 Å². The van der Waals surface area contributed by atoms with Gasteiger partial charge in [0.1, 0.15) is 0 Å². The number of benzene rings is 2. The molecule has 176 valence electrons. The average molecular weight is 492 g/mol. The molecule has 1 saturated carbocycles. The van der Waals surface area contributed by atoms with Crippen LogP contribution in [0.1, 0.15) is 60.8 Å². The van der Waals surface area contributed by atoms with Crippen molar-refractivity contribution in [1.82, 2.24) is 9.88 Å². The molecule has 3 aromatic rings. The van der Waals surface area contributed by atoms with E-state index in [-0.39, 0.29) is 17.4 Å². The number of hydrogen-bond donors (Lipinski definition) is 1. The smallest absolute Gasteiger partial charge is 0.256 e. The Labute approximate surface area is 209 Å². The van der Waals surface area contributed by atoms with E-state index in [0.717, 1.165) is 37.9 Å². The van der Waals surface area contributed by atoms with E-state index < -0.39 is 0 Å². The zero-order chi connectivity index (χ0) is 24.0. The minimum absolute atomic E-state index is 0.128. The number of amides is 2. The van der Waals surface area contributed by atoms with Gasteiger partial charge in [0.05, 0.1) is 16.1 Å². The molecule has 1 aliphatic heterocycles. The van der Waals surface area contributed by atoms with Crippen molar-refractivity contribution in [2.24, 2.45) is 5.92 Å². The summed E-state index contributed by atoms with van der Waals surface area (Å²) in [6, 6.07) is 14.6. The number of fused-ring (bicyclic) bond motifs is 1. The number of thiazole rings is 1. The van der Waals surface area contributed by atoms with E-state index in [1.54, 1.807) is 11.8 Å². The third-order valence-electron chi connectivity index (χ3n) is 6.82. The van der Waals surface area contributed by atoms with Gasteiger partial charge in [-0.25, -0.2) is 4.98 Å².